The van der Waals surface area contributed by atoms with Gasteiger partial charge in [0.25, 0.3) is 5.91 Å². The van der Waals surface area contributed by atoms with E-state index < -0.39 is 0 Å². The number of nitrogens with one attached hydrogen (secondary N) is 1. The minimum atomic E-state index is -0.0395. The summed E-state index contributed by atoms with van der Waals surface area (Å²) in [6.07, 6.45) is 5.11. The molecular weight excluding hydrogens is 316 g/mol. The zero-order chi connectivity index (χ0) is 17.6. The van der Waals surface area contributed by atoms with Crippen LogP contribution >= 0.6 is 0 Å². The van der Waals surface area contributed by atoms with Crippen molar-refractivity contribution < 1.29 is 9.53 Å². The van der Waals surface area contributed by atoms with E-state index in [-0.39, 0.29) is 11.9 Å². The summed E-state index contributed by atoms with van der Waals surface area (Å²) in [4.78, 5) is 19.7. The Hall–Kier alpha value is -1.92. The lowest BCUT2D eigenvalue weighted by atomic mass is 10.0. The molecule has 6 nitrogen and oxygen atoms in total. The van der Waals surface area contributed by atoms with Crippen LogP contribution in [0.15, 0.2) is 24.5 Å². The average Bonchev–Trinajstić information content (AvgIpc) is 3.14. The molecule has 6 heteroatoms. The van der Waals surface area contributed by atoms with Gasteiger partial charge in [0.05, 0.1) is 24.0 Å². The van der Waals surface area contributed by atoms with Gasteiger partial charge < -0.3 is 14.5 Å². The molecular formula is C19H26N4O2. The zero-order valence-corrected chi connectivity index (χ0v) is 15.1. The van der Waals surface area contributed by atoms with Gasteiger partial charge in [-0.1, -0.05) is 13.8 Å². The molecule has 4 rings (SSSR count). The number of carbonyl (C=O) groups is 1. The number of morpholine rings is 1. The normalized spacial score (nSPS) is 27.0. The molecule has 0 aliphatic carbocycles. The van der Waals surface area contributed by atoms with Crippen LogP contribution in [0.2, 0.25) is 0 Å². The molecule has 1 N–H and O–H groups in total. The molecule has 2 aliphatic rings. The van der Waals surface area contributed by atoms with Crippen LogP contribution in [0.25, 0.3) is 5.65 Å². The SMILES string of the molecule is Cc1cn2cccc(C(=O)N[C@H]3C[C@H]4CO[C@H](C(C)C)CN4C3)c2n1. The molecule has 2 fully saturated rings. The third kappa shape index (κ3) is 3.16. The van der Waals surface area contributed by atoms with Crippen molar-refractivity contribution in [1.82, 2.24) is 19.6 Å². The number of hydrogen-bond donors (Lipinski definition) is 1. The molecule has 4 heterocycles. The summed E-state index contributed by atoms with van der Waals surface area (Å²) in [7, 11) is 0. The van der Waals surface area contributed by atoms with E-state index in [1.807, 2.05) is 35.9 Å². The van der Waals surface area contributed by atoms with Crippen molar-refractivity contribution in [3.05, 3.63) is 35.8 Å². The highest BCUT2D eigenvalue weighted by atomic mass is 16.5. The van der Waals surface area contributed by atoms with Crippen molar-refractivity contribution in [2.24, 2.45) is 5.92 Å². The first kappa shape index (κ1) is 16.5. The molecule has 2 aromatic rings. The number of amides is 1. The maximum Gasteiger partial charge on any atom is 0.255 e. The summed E-state index contributed by atoms with van der Waals surface area (Å²) in [5, 5.41) is 3.21. The molecule has 1 amide bonds. The van der Waals surface area contributed by atoms with Crippen LogP contribution in [0.1, 0.15) is 36.3 Å². The van der Waals surface area contributed by atoms with E-state index in [0.717, 1.165) is 37.5 Å². The Bertz CT molecular complexity index is 785. The lowest BCUT2D eigenvalue weighted by molar-refractivity contribution is -0.0683. The van der Waals surface area contributed by atoms with Crippen LogP contribution in [0, 0.1) is 12.8 Å². The van der Waals surface area contributed by atoms with Crippen LogP contribution in [0.4, 0.5) is 0 Å². The minimum Gasteiger partial charge on any atom is -0.375 e. The van der Waals surface area contributed by atoms with Crippen molar-refractivity contribution in [2.75, 3.05) is 19.7 Å². The molecule has 3 atom stereocenters. The molecule has 25 heavy (non-hydrogen) atoms. The number of pyridine rings is 1. The summed E-state index contributed by atoms with van der Waals surface area (Å²) in [6.45, 7) is 8.98. The Balaban J connectivity index is 1.45. The fourth-order valence-electron chi connectivity index (χ4n) is 3.98. The lowest BCUT2D eigenvalue weighted by Gasteiger charge is -2.36. The van der Waals surface area contributed by atoms with E-state index in [1.165, 1.54) is 0 Å². The van der Waals surface area contributed by atoms with E-state index in [2.05, 4.69) is 29.0 Å². The van der Waals surface area contributed by atoms with Crippen molar-refractivity contribution in [3.8, 4) is 0 Å². The summed E-state index contributed by atoms with van der Waals surface area (Å²) in [6, 6.07) is 4.33. The number of aromatic nitrogens is 2. The molecule has 2 saturated heterocycles. The number of fused-ring (bicyclic) bond motifs is 2. The Morgan fingerprint density at radius 3 is 3.04 bits per heavy atom. The molecule has 0 bridgehead atoms. The maximum atomic E-state index is 12.8. The molecule has 0 aromatic carbocycles. The topological polar surface area (TPSA) is 58.9 Å². The first-order valence-electron chi connectivity index (χ1n) is 9.12. The van der Waals surface area contributed by atoms with E-state index in [1.54, 1.807) is 0 Å². The standard InChI is InChI=1S/C19H26N4O2/c1-12(2)17-10-23-9-14(7-15(23)11-25-17)21-19(24)16-5-4-6-22-8-13(3)20-18(16)22/h4-6,8,12,14-15,17H,7,9-11H2,1-3H3,(H,21,24)/t14-,15-,17-/m0/s1. The second kappa shape index (κ2) is 6.42. The van der Waals surface area contributed by atoms with Gasteiger partial charge in [0.1, 0.15) is 5.65 Å². The molecule has 0 radical (unpaired) electrons. The molecule has 0 spiro atoms. The van der Waals surface area contributed by atoms with Gasteiger partial charge in [-0.3, -0.25) is 9.69 Å². The smallest absolute Gasteiger partial charge is 0.255 e. The Morgan fingerprint density at radius 2 is 2.24 bits per heavy atom. The molecule has 134 valence electrons. The van der Waals surface area contributed by atoms with Crippen molar-refractivity contribution in [2.45, 2.75) is 45.4 Å². The second-order valence-electron chi connectivity index (χ2n) is 7.66. The van der Waals surface area contributed by atoms with Gasteiger partial charge in [-0.05, 0) is 31.4 Å². The number of ether oxygens (including phenoxy) is 1. The summed E-state index contributed by atoms with van der Waals surface area (Å²) >= 11 is 0. The van der Waals surface area contributed by atoms with Gasteiger partial charge in [-0.15, -0.1) is 0 Å². The Kier molecular flexibility index (Phi) is 4.25. The Labute approximate surface area is 148 Å². The first-order chi connectivity index (χ1) is 12.0. The van der Waals surface area contributed by atoms with Crippen LogP contribution in [0.3, 0.4) is 0 Å². The average molecular weight is 342 g/mol. The lowest BCUT2D eigenvalue weighted by Crippen LogP contribution is -2.48. The highest BCUT2D eigenvalue weighted by molar-refractivity contribution is 6.00. The van der Waals surface area contributed by atoms with Crippen molar-refractivity contribution in [1.29, 1.82) is 0 Å². The van der Waals surface area contributed by atoms with Crippen molar-refractivity contribution in [3.63, 3.8) is 0 Å². The quantitative estimate of drug-likeness (QED) is 0.925. The van der Waals surface area contributed by atoms with Crippen LogP contribution in [0.5, 0.6) is 0 Å². The first-order valence-corrected chi connectivity index (χ1v) is 9.12. The summed E-state index contributed by atoms with van der Waals surface area (Å²) in [5.41, 5.74) is 2.27. The van der Waals surface area contributed by atoms with Gasteiger partial charge in [0, 0.05) is 37.6 Å². The number of carbonyl (C=O) groups excluding carboxylic acids is 1. The largest absolute Gasteiger partial charge is 0.375 e. The fraction of sp³-hybridized carbons (Fsp3) is 0.579. The third-order valence-corrected chi connectivity index (χ3v) is 5.37. The Morgan fingerprint density at radius 1 is 1.40 bits per heavy atom. The van der Waals surface area contributed by atoms with Gasteiger partial charge in [0.15, 0.2) is 0 Å². The second-order valence-corrected chi connectivity index (χ2v) is 7.66. The maximum absolute atomic E-state index is 12.8. The summed E-state index contributed by atoms with van der Waals surface area (Å²) in [5.74, 6) is 0.484. The van der Waals surface area contributed by atoms with Gasteiger partial charge in [-0.2, -0.15) is 0 Å². The molecule has 0 unspecified atom stereocenters. The zero-order valence-electron chi connectivity index (χ0n) is 15.1. The van der Waals surface area contributed by atoms with Crippen molar-refractivity contribution >= 4 is 11.6 Å². The van der Waals surface area contributed by atoms with E-state index in [9.17, 15) is 4.79 Å². The van der Waals surface area contributed by atoms with Gasteiger partial charge in [0.2, 0.25) is 0 Å². The highest BCUT2D eigenvalue weighted by Crippen LogP contribution is 2.26. The predicted octanol–water partition coefficient (Wildman–Crippen LogP) is 1.87. The number of nitrogens with zero attached hydrogens (tertiary/aromatic N) is 3. The van der Waals surface area contributed by atoms with Gasteiger partial charge >= 0.3 is 0 Å². The monoisotopic (exact) mass is 342 g/mol. The molecule has 2 aliphatic heterocycles. The third-order valence-electron chi connectivity index (χ3n) is 5.37. The minimum absolute atomic E-state index is 0.0395. The van der Waals surface area contributed by atoms with Crippen LogP contribution in [-0.2, 0) is 4.74 Å². The van der Waals surface area contributed by atoms with Crippen LogP contribution < -0.4 is 5.32 Å². The van der Waals surface area contributed by atoms with E-state index in [4.69, 9.17) is 4.74 Å². The van der Waals surface area contributed by atoms with Crippen LogP contribution in [-0.4, -0.2) is 58.1 Å². The number of aryl methyl sites for hydroxylation is 1. The number of hydrogen-bond acceptors (Lipinski definition) is 4. The fourth-order valence-corrected chi connectivity index (χ4v) is 3.98. The van der Waals surface area contributed by atoms with E-state index in [0.29, 0.717) is 23.6 Å². The van der Waals surface area contributed by atoms with Gasteiger partial charge in [-0.25, -0.2) is 4.98 Å². The highest BCUT2D eigenvalue weighted by Gasteiger charge is 2.38. The van der Waals surface area contributed by atoms with E-state index >= 15 is 0 Å². The molecule has 0 saturated carbocycles. The predicted molar refractivity (Wildman–Crippen MR) is 95.7 cm³/mol. The number of imidazole rings is 1. The number of rotatable bonds is 3. The summed E-state index contributed by atoms with van der Waals surface area (Å²) < 4.78 is 7.89. The molecule has 2 aromatic heterocycles.